The van der Waals surface area contributed by atoms with Crippen LogP contribution < -0.4 is 0 Å². The Balaban J connectivity index is 0.00000104. The molecule has 0 nitrogen and oxygen atoms in total. The van der Waals surface area contributed by atoms with Crippen LogP contribution in [-0.2, 0) is 24.7 Å². The molecule has 0 radical (unpaired) electrons. The van der Waals surface area contributed by atoms with E-state index in [2.05, 4.69) is 74.5 Å². The number of hydrogen-bond acceptors (Lipinski definition) is 0. The summed E-state index contributed by atoms with van der Waals surface area (Å²) in [5.74, 6) is 0.398. The Hall–Kier alpha value is -0.877. The molecule has 0 heterocycles. The zero-order chi connectivity index (χ0) is 15.3. The van der Waals surface area contributed by atoms with Crippen LogP contribution in [0.25, 0.3) is 11.1 Å². The van der Waals surface area contributed by atoms with E-state index >= 15 is 0 Å². The second-order valence-electron chi connectivity index (χ2n) is 6.18. The predicted octanol–water partition coefficient (Wildman–Crippen LogP) is 6.35. The van der Waals surface area contributed by atoms with Crippen LogP contribution in [0.2, 0.25) is 0 Å². The first kappa shape index (κ1) is 19.4. The standard InChI is InChI=1S/C21H17.2ClH.Zr/c1-14(2)15-11-12-16(13-15)21-19-9-5-3-7-17(19)18-8-4-6-10-20(18)21;;;/h3-12,21H,1-2H3;2*1H;. The minimum atomic E-state index is 0. The molecule has 2 aliphatic carbocycles. The van der Waals surface area contributed by atoms with E-state index in [0.717, 1.165) is 0 Å². The van der Waals surface area contributed by atoms with Gasteiger partial charge in [0.1, 0.15) is 0 Å². The van der Waals surface area contributed by atoms with E-state index in [1.54, 1.807) is 0 Å². The van der Waals surface area contributed by atoms with Crippen molar-refractivity contribution in [3.05, 3.63) is 91.8 Å². The van der Waals surface area contributed by atoms with Gasteiger partial charge >= 0.3 is 147 Å². The minimum absolute atomic E-state index is 0. The maximum absolute atomic E-state index is 2.34. The van der Waals surface area contributed by atoms with Crippen LogP contribution in [0.5, 0.6) is 0 Å². The predicted molar refractivity (Wildman–Crippen MR) is 103 cm³/mol. The van der Waals surface area contributed by atoms with E-state index in [9.17, 15) is 0 Å². The molecule has 0 amide bonds. The topological polar surface area (TPSA) is 0 Å². The molecule has 3 heteroatoms. The first-order valence-electron chi connectivity index (χ1n) is 7.68. The smallest absolute Gasteiger partial charge is 0.147 e. The fourth-order valence-electron chi connectivity index (χ4n) is 3.64. The average molecular weight is 434 g/mol. The molecule has 0 saturated carbocycles. The number of rotatable bonds is 1. The molecule has 0 N–H and O–H groups in total. The number of allylic oxidation sites excluding steroid dienone is 6. The Morgan fingerprint density at radius 1 is 0.792 bits per heavy atom. The fraction of sp³-hybridized carbons (Fsp3) is 0.143. The normalized spacial score (nSPS) is 14.8. The molecule has 2 aromatic carbocycles. The Morgan fingerprint density at radius 3 is 1.75 bits per heavy atom. The number of hydrogen-bond donors (Lipinski definition) is 0. The van der Waals surface area contributed by atoms with Crippen molar-refractivity contribution < 1.29 is 24.7 Å². The second-order valence-corrected chi connectivity index (χ2v) is 7.41. The Kier molecular flexibility index (Phi) is 6.13. The molecule has 0 aromatic heterocycles. The van der Waals surface area contributed by atoms with Gasteiger partial charge in [-0.05, 0) is 0 Å². The first-order valence-corrected chi connectivity index (χ1v) is 8.91. The van der Waals surface area contributed by atoms with Gasteiger partial charge in [0.25, 0.3) is 0 Å². The van der Waals surface area contributed by atoms with Gasteiger partial charge in [-0.25, -0.2) is 0 Å². The molecule has 0 saturated heterocycles. The van der Waals surface area contributed by atoms with E-state index in [1.165, 1.54) is 67.0 Å². The van der Waals surface area contributed by atoms with Gasteiger partial charge in [-0.2, -0.15) is 0 Å². The number of halogens is 2. The third-order valence-electron chi connectivity index (χ3n) is 4.67. The third kappa shape index (κ3) is 2.92. The van der Waals surface area contributed by atoms with Gasteiger partial charge in [0.05, 0.1) is 0 Å². The molecule has 121 valence electrons. The van der Waals surface area contributed by atoms with Crippen molar-refractivity contribution in [3.63, 3.8) is 0 Å². The molecule has 0 spiro atoms. The van der Waals surface area contributed by atoms with Crippen LogP contribution in [0.3, 0.4) is 0 Å². The summed E-state index contributed by atoms with van der Waals surface area (Å²) in [7, 11) is 0. The molecule has 4 rings (SSSR count). The minimum Gasteiger partial charge on any atom is -0.147 e. The van der Waals surface area contributed by atoms with Crippen molar-refractivity contribution in [3.8, 4) is 11.1 Å². The van der Waals surface area contributed by atoms with E-state index in [4.69, 9.17) is 0 Å². The molecule has 0 unspecified atom stereocenters. The van der Waals surface area contributed by atoms with Gasteiger partial charge < -0.3 is 0 Å². The summed E-state index contributed by atoms with van der Waals surface area (Å²) in [6, 6.07) is 17.8. The van der Waals surface area contributed by atoms with Crippen molar-refractivity contribution in [2.75, 3.05) is 0 Å². The van der Waals surface area contributed by atoms with Gasteiger partial charge in [0, 0.05) is 0 Å². The van der Waals surface area contributed by atoms with E-state index in [0.29, 0.717) is 5.92 Å². The van der Waals surface area contributed by atoms with Crippen LogP contribution in [0.15, 0.2) is 80.7 Å². The van der Waals surface area contributed by atoms with Crippen LogP contribution in [0.4, 0.5) is 0 Å². The number of benzene rings is 2. The molecule has 24 heavy (non-hydrogen) atoms. The maximum Gasteiger partial charge on any atom is -0.147 e. The summed E-state index contributed by atoms with van der Waals surface area (Å²) < 4.78 is 1.52. The summed E-state index contributed by atoms with van der Waals surface area (Å²) in [4.78, 5) is 0. The molecule has 0 atom stereocenters. The number of fused-ring (bicyclic) bond motifs is 3. The molecule has 2 aromatic rings. The SMILES string of the molecule is CC(C)=C1C=CC(C2c3ccccc3-c3ccccc32)=[C]1[Zr].Cl.Cl. The molecular weight excluding hydrogens is 414 g/mol. The Morgan fingerprint density at radius 2 is 1.29 bits per heavy atom. The molecular formula is C21H19Cl2Zr. The molecule has 0 aliphatic heterocycles. The fourth-order valence-corrected chi connectivity index (χ4v) is 5.02. The summed E-state index contributed by atoms with van der Waals surface area (Å²) in [6.07, 6.45) is 4.65. The van der Waals surface area contributed by atoms with E-state index in [1.807, 2.05) is 0 Å². The Labute approximate surface area is 171 Å². The van der Waals surface area contributed by atoms with Gasteiger partial charge in [-0.15, -0.1) is 24.8 Å². The van der Waals surface area contributed by atoms with Crippen molar-refractivity contribution in [2.24, 2.45) is 0 Å². The average Bonchev–Trinajstić information content (AvgIpc) is 3.05. The molecule has 0 bridgehead atoms. The summed E-state index contributed by atoms with van der Waals surface area (Å²) in [5, 5.41) is 0. The zero-order valence-electron chi connectivity index (χ0n) is 13.7. The summed E-state index contributed by atoms with van der Waals surface area (Å²) in [5.41, 5.74) is 10.1. The van der Waals surface area contributed by atoms with Crippen molar-refractivity contribution in [2.45, 2.75) is 19.8 Å². The van der Waals surface area contributed by atoms with Crippen LogP contribution in [0, 0.1) is 0 Å². The van der Waals surface area contributed by atoms with Gasteiger partial charge in [0.2, 0.25) is 0 Å². The zero-order valence-corrected chi connectivity index (χ0v) is 17.8. The van der Waals surface area contributed by atoms with Gasteiger partial charge in [-0.3, -0.25) is 0 Å². The maximum atomic E-state index is 2.34. The van der Waals surface area contributed by atoms with Crippen molar-refractivity contribution >= 4 is 24.8 Å². The summed E-state index contributed by atoms with van der Waals surface area (Å²) in [6.45, 7) is 4.42. The van der Waals surface area contributed by atoms with Crippen LogP contribution in [0.1, 0.15) is 30.9 Å². The van der Waals surface area contributed by atoms with Crippen LogP contribution >= 0.6 is 24.8 Å². The monoisotopic (exact) mass is 431 g/mol. The summed E-state index contributed by atoms with van der Waals surface area (Å²) >= 11 is 1.51. The van der Waals surface area contributed by atoms with Crippen molar-refractivity contribution in [1.29, 1.82) is 0 Å². The van der Waals surface area contributed by atoms with Gasteiger partial charge in [-0.1, -0.05) is 0 Å². The largest absolute Gasteiger partial charge is 0.147 e. The molecule has 2 aliphatic rings. The second kappa shape index (κ2) is 7.56. The molecule has 0 fully saturated rings. The quantitative estimate of drug-likeness (QED) is 0.492. The van der Waals surface area contributed by atoms with E-state index < -0.39 is 0 Å². The van der Waals surface area contributed by atoms with E-state index in [-0.39, 0.29) is 24.8 Å². The Bertz CT molecular complexity index is 825. The first-order chi connectivity index (χ1) is 10.7. The third-order valence-corrected chi connectivity index (χ3v) is 6.04. The van der Waals surface area contributed by atoms with Gasteiger partial charge in [0.15, 0.2) is 0 Å². The van der Waals surface area contributed by atoms with Crippen molar-refractivity contribution in [1.82, 2.24) is 0 Å². The van der Waals surface area contributed by atoms with Crippen LogP contribution in [-0.4, -0.2) is 0 Å².